The first-order valence-corrected chi connectivity index (χ1v) is 12.4. The van der Waals surface area contributed by atoms with E-state index in [4.69, 9.17) is 33.0 Å². The van der Waals surface area contributed by atoms with Crippen LogP contribution in [-0.4, -0.2) is 27.0 Å². The number of aliphatic carboxylic acids is 1. The zero-order chi connectivity index (χ0) is 25.9. The maximum atomic E-state index is 11.3. The van der Waals surface area contributed by atoms with Crippen molar-refractivity contribution in [3.8, 4) is 45.1 Å². The van der Waals surface area contributed by atoms with Crippen LogP contribution in [-0.2, 0) is 4.79 Å². The Bertz CT molecular complexity index is 1580. The van der Waals surface area contributed by atoms with Crippen LogP contribution < -0.4 is 4.74 Å². The molecule has 5 aromatic rings. The van der Waals surface area contributed by atoms with Crippen molar-refractivity contribution in [1.82, 2.24) is 9.78 Å². The number of halogens is 2. The van der Waals surface area contributed by atoms with Crippen LogP contribution in [0.4, 0.5) is 0 Å². The molecule has 0 amide bonds. The Morgan fingerprint density at radius 3 is 2.24 bits per heavy atom. The molecule has 0 fully saturated rings. The Labute approximate surface area is 224 Å². The molecule has 0 aliphatic carbocycles. The van der Waals surface area contributed by atoms with Crippen molar-refractivity contribution < 1.29 is 14.6 Å². The van der Waals surface area contributed by atoms with Crippen molar-refractivity contribution >= 4 is 29.2 Å². The summed E-state index contributed by atoms with van der Waals surface area (Å²) < 4.78 is 7.48. The van der Waals surface area contributed by atoms with Gasteiger partial charge in [-0.15, -0.1) is 0 Å². The van der Waals surface area contributed by atoms with Gasteiger partial charge in [-0.1, -0.05) is 71.7 Å². The van der Waals surface area contributed by atoms with Crippen LogP contribution in [0.5, 0.6) is 5.75 Å². The standard InChI is InChI=1S/C30H22Cl2N2O3/c1-19(30(35)36)37-25-9-5-6-20(17-25)26-10-2-3-11-27(26)28-18-29(21-7-4-8-23(32)16-21)34(33-28)24-14-12-22(31)13-15-24/h2-19H,1H3,(H,35,36). The van der Waals surface area contributed by atoms with Crippen LogP contribution >= 0.6 is 23.2 Å². The van der Waals surface area contributed by atoms with E-state index in [-0.39, 0.29) is 0 Å². The average molecular weight is 529 g/mol. The van der Waals surface area contributed by atoms with E-state index in [1.807, 2.05) is 102 Å². The van der Waals surface area contributed by atoms with E-state index in [0.717, 1.165) is 39.3 Å². The predicted octanol–water partition coefficient (Wildman–Crippen LogP) is 8.03. The number of hydrogen-bond acceptors (Lipinski definition) is 3. The molecule has 0 aliphatic rings. The van der Waals surface area contributed by atoms with Crippen LogP contribution in [0, 0.1) is 0 Å². The fraction of sp³-hybridized carbons (Fsp3) is 0.0667. The number of nitrogens with zero attached hydrogens (tertiary/aromatic N) is 2. The Morgan fingerprint density at radius 2 is 1.51 bits per heavy atom. The summed E-state index contributed by atoms with van der Waals surface area (Å²) in [6.45, 7) is 1.50. The van der Waals surface area contributed by atoms with Gasteiger partial charge in [0.2, 0.25) is 0 Å². The van der Waals surface area contributed by atoms with Gasteiger partial charge in [-0.05, 0) is 72.6 Å². The monoisotopic (exact) mass is 528 g/mol. The molecule has 0 aliphatic heterocycles. The van der Waals surface area contributed by atoms with Gasteiger partial charge in [-0.25, -0.2) is 9.48 Å². The number of carboxylic acids is 1. The second-order valence-electron chi connectivity index (χ2n) is 8.49. The predicted molar refractivity (Wildman–Crippen MR) is 148 cm³/mol. The summed E-state index contributed by atoms with van der Waals surface area (Å²) in [6, 6.07) is 32.5. The van der Waals surface area contributed by atoms with Gasteiger partial charge in [0.1, 0.15) is 5.75 Å². The average Bonchev–Trinajstić information content (AvgIpc) is 3.35. The highest BCUT2D eigenvalue weighted by molar-refractivity contribution is 6.31. The van der Waals surface area contributed by atoms with Crippen molar-refractivity contribution in [1.29, 1.82) is 0 Å². The van der Waals surface area contributed by atoms with Gasteiger partial charge in [-0.2, -0.15) is 5.10 Å². The molecule has 1 unspecified atom stereocenters. The van der Waals surface area contributed by atoms with Gasteiger partial charge in [0, 0.05) is 21.2 Å². The third-order valence-electron chi connectivity index (χ3n) is 5.91. The molecule has 1 heterocycles. The first-order chi connectivity index (χ1) is 17.9. The van der Waals surface area contributed by atoms with E-state index >= 15 is 0 Å². The highest BCUT2D eigenvalue weighted by atomic mass is 35.5. The zero-order valence-corrected chi connectivity index (χ0v) is 21.3. The summed E-state index contributed by atoms with van der Waals surface area (Å²) in [5.74, 6) is -0.541. The number of carbonyl (C=O) groups is 1. The maximum absolute atomic E-state index is 11.3. The lowest BCUT2D eigenvalue weighted by atomic mass is 9.97. The van der Waals surface area contributed by atoms with Gasteiger partial charge >= 0.3 is 5.97 Å². The number of aromatic nitrogens is 2. The van der Waals surface area contributed by atoms with Gasteiger partial charge < -0.3 is 9.84 Å². The lowest BCUT2D eigenvalue weighted by Crippen LogP contribution is -2.22. The van der Waals surface area contributed by atoms with Crippen molar-refractivity contribution in [3.05, 3.63) is 113 Å². The van der Waals surface area contributed by atoms with Crippen molar-refractivity contribution in [2.24, 2.45) is 0 Å². The Morgan fingerprint density at radius 1 is 0.811 bits per heavy atom. The molecule has 4 aromatic carbocycles. The van der Waals surface area contributed by atoms with E-state index in [0.29, 0.717) is 15.8 Å². The zero-order valence-electron chi connectivity index (χ0n) is 19.8. The minimum Gasteiger partial charge on any atom is -0.479 e. The molecule has 1 N–H and O–H groups in total. The molecular weight excluding hydrogens is 507 g/mol. The van der Waals surface area contributed by atoms with E-state index in [2.05, 4.69) is 0 Å². The van der Waals surface area contributed by atoms with Crippen molar-refractivity contribution in [2.75, 3.05) is 0 Å². The van der Waals surface area contributed by atoms with Gasteiger partial charge in [0.05, 0.1) is 17.1 Å². The van der Waals surface area contributed by atoms with E-state index in [1.54, 1.807) is 6.07 Å². The number of ether oxygens (including phenoxy) is 1. The maximum Gasteiger partial charge on any atom is 0.344 e. The topological polar surface area (TPSA) is 64.4 Å². The summed E-state index contributed by atoms with van der Waals surface area (Å²) in [6.07, 6.45) is -0.958. The minimum atomic E-state index is -1.02. The number of benzene rings is 4. The van der Waals surface area contributed by atoms with Crippen LogP contribution in [0.3, 0.4) is 0 Å². The summed E-state index contributed by atoms with van der Waals surface area (Å²) >= 11 is 12.5. The first kappa shape index (κ1) is 24.6. The van der Waals surface area contributed by atoms with Crippen LogP contribution in [0.15, 0.2) is 103 Å². The molecule has 5 nitrogen and oxygen atoms in total. The molecular formula is C30H22Cl2N2O3. The molecule has 1 aromatic heterocycles. The Hall–Kier alpha value is -4.06. The van der Waals surface area contributed by atoms with Crippen LogP contribution in [0.2, 0.25) is 10.0 Å². The molecule has 7 heteroatoms. The Kier molecular flexibility index (Phi) is 6.99. The number of hydrogen-bond donors (Lipinski definition) is 1. The molecule has 0 radical (unpaired) electrons. The quantitative estimate of drug-likeness (QED) is 0.232. The first-order valence-electron chi connectivity index (χ1n) is 11.6. The molecule has 0 bridgehead atoms. The SMILES string of the molecule is CC(Oc1cccc(-c2ccccc2-c2cc(-c3cccc(Cl)c3)n(-c3ccc(Cl)cc3)n2)c1)C(=O)O. The molecule has 37 heavy (non-hydrogen) atoms. The summed E-state index contributed by atoms with van der Waals surface area (Å²) in [4.78, 5) is 11.3. The molecule has 0 saturated heterocycles. The minimum absolute atomic E-state index is 0.480. The molecule has 1 atom stereocenters. The fourth-order valence-corrected chi connectivity index (χ4v) is 4.41. The third kappa shape index (κ3) is 5.38. The fourth-order valence-electron chi connectivity index (χ4n) is 4.09. The van der Waals surface area contributed by atoms with E-state index in [1.165, 1.54) is 6.92 Å². The van der Waals surface area contributed by atoms with Crippen LogP contribution in [0.1, 0.15) is 6.92 Å². The highest BCUT2D eigenvalue weighted by Crippen LogP contribution is 2.36. The van der Waals surface area contributed by atoms with E-state index in [9.17, 15) is 9.90 Å². The summed E-state index contributed by atoms with van der Waals surface area (Å²) in [5.41, 5.74) is 6.18. The van der Waals surface area contributed by atoms with Crippen LogP contribution in [0.25, 0.3) is 39.3 Å². The van der Waals surface area contributed by atoms with Gasteiger partial charge in [0.15, 0.2) is 6.10 Å². The van der Waals surface area contributed by atoms with Crippen molar-refractivity contribution in [2.45, 2.75) is 13.0 Å². The molecule has 5 rings (SSSR count). The second kappa shape index (κ2) is 10.5. The number of carboxylic acid groups (broad SMARTS) is 1. The Balaban J connectivity index is 1.63. The summed E-state index contributed by atoms with van der Waals surface area (Å²) in [7, 11) is 0. The highest BCUT2D eigenvalue weighted by Gasteiger charge is 2.17. The van der Waals surface area contributed by atoms with Gasteiger partial charge in [-0.3, -0.25) is 0 Å². The van der Waals surface area contributed by atoms with Crippen molar-refractivity contribution in [3.63, 3.8) is 0 Å². The third-order valence-corrected chi connectivity index (χ3v) is 6.40. The largest absolute Gasteiger partial charge is 0.479 e. The molecule has 0 spiro atoms. The molecule has 184 valence electrons. The number of rotatable bonds is 7. The second-order valence-corrected chi connectivity index (χ2v) is 9.36. The normalized spacial score (nSPS) is 11.8. The lowest BCUT2D eigenvalue weighted by Gasteiger charge is -2.13. The smallest absolute Gasteiger partial charge is 0.344 e. The van der Waals surface area contributed by atoms with E-state index < -0.39 is 12.1 Å². The van der Waals surface area contributed by atoms with Gasteiger partial charge in [0.25, 0.3) is 0 Å². The lowest BCUT2D eigenvalue weighted by molar-refractivity contribution is -0.144. The molecule has 0 saturated carbocycles. The summed E-state index contributed by atoms with van der Waals surface area (Å²) in [5, 5.41) is 15.5.